The molecular formula is C21H32O7. The van der Waals surface area contributed by atoms with Crippen LogP contribution in [0.5, 0.6) is 0 Å². The van der Waals surface area contributed by atoms with Gasteiger partial charge in [-0.05, 0) is 32.4 Å². The van der Waals surface area contributed by atoms with Crippen LogP contribution in [0.25, 0.3) is 0 Å². The maximum Gasteiger partial charge on any atom is 0.217 e. The highest BCUT2D eigenvalue weighted by molar-refractivity contribution is 5.13. The highest BCUT2D eigenvalue weighted by Crippen LogP contribution is 2.26. The minimum atomic E-state index is -0.871. The van der Waals surface area contributed by atoms with E-state index in [0.29, 0.717) is 25.6 Å². The SMILES string of the molecule is COCCOCOC1=C[C@@H](O)[C@@H](COCc2ccccc2)O[C@H]1OC(C)(C)C. The summed E-state index contributed by atoms with van der Waals surface area (Å²) in [5.41, 5.74) is 0.602. The Bertz CT molecular complexity index is 582. The first kappa shape index (κ1) is 22.8. The molecule has 2 rings (SSSR count). The number of hydrogen-bond donors (Lipinski definition) is 1. The molecule has 1 N–H and O–H groups in total. The second kappa shape index (κ2) is 11.5. The number of aliphatic hydroxyl groups excluding tert-OH is 1. The zero-order valence-corrected chi connectivity index (χ0v) is 17.1. The summed E-state index contributed by atoms with van der Waals surface area (Å²) in [5, 5.41) is 10.4. The lowest BCUT2D eigenvalue weighted by molar-refractivity contribution is -0.245. The van der Waals surface area contributed by atoms with Gasteiger partial charge in [-0.15, -0.1) is 0 Å². The lowest BCUT2D eigenvalue weighted by Gasteiger charge is -2.36. The molecule has 0 saturated carbocycles. The molecule has 0 aliphatic carbocycles. The van der Waals surface area contributed by atoms with Crippen LogP contribution < -0.4 is 0 Å². The van der Waals surface area contributed by atoms with Crippen molar-refractivity contribution in [2.24, 2.45) is 0 Å². The predicted octanol–water partition coefficient (Wildman–Crippen LogP) is 2.63. The van der Waals surface area contributed by atoms with E-state index in [1.54, 1.807) is 13.2 Å². The molecular weight excluding hydrogens is 364 g/mol. The van der Waals surface area contributed by atoms with Crippen LogP contribution in [-0.4, -0.2) is 62.9 Å². The fraction of sp³-hybridized carbons (Fsp3) is 0.619. The second-order valence-electron chi connectivity index (χ2n) is 7.46. The summed E-state index contributed by atoms with van der Waals surface area (Å²) in [5.74, 6) is 0.388. The standard InChI is InChI=1S/C21H32O7/c1-21(2,3)28-20-18(26-15-24-11-10-23-4)12-17(22)19(27-20)14-25-13-16-8-6-5-7-9-16/h5-9,12,17,19-20,22H,10-11,13-15H2,1-4H3/t17-,19-,20+/m1/s1. The van der Waals surface area contributed by atoms with Crippen molar-refractivity contribution in [3.05, 3.63) is 47.7 Å². The Balaban J connectivity index is 1.91. The molecule has 158 valence electrons. The van der Waals surface area contributed by atoms with Crippen molar-refractivity contribution in [3.63, 3.8) is 0 Å². The van der Waals surface area contributed by atoms with Gasteiger partial charge in [0.15, 0.2) is 12.6 Å². The van der Waals surface area contributed by atoms with Gasteiger partial charge in [0.1, 0.15) is 12.2 Å². The number of ether oxygens (including phenoxy) is 6. The summed E-state index contributed by atoms with van der Waals surface area (Å²) < 4.78 is 33.5. The molecule has 7 heteroatoms. The van der Waals surface area contributed by atoms with Gasteiger partial charge in [-0.25, -0.2) is 0 Å². The zero-order chi connectivity index (χ0) is 20.4. The van der Waals surface area contributed by atoms with Crippen molar-refractivity contribution in [2.45, 2.75) is 51.5 Å². The van der Waals surface area contributed by atoms with Crippen LogP contribution in [0.3, 0.4) is 0 Å². The summed E-state index contributed by atoms with van der Waals surface area (Å²) in [6.07, 6.45) is -0.585. The van der Waals surface area contributed by atoms with Crippen molar-refractivity contribution in [1.29, 1.82) is 0 Å². The average Bonchev–Trinajstić information content (AvgIpc) is 2.64. The molecule has 0 saturated heterocycles. The molecule has 0 radical (unpaired) electrons. The maximum atomic E-state index is 10.4. The third kappa shape index (κ3) is 8.26. The number of aliphatic hydroxyl groups is 1. The van der Waals surface area contributed by atoms with Crippen LogP contribution >= 0.6 is 0 Å². The summed E-state index contributed by atoms with van der Waals surface area (Å²) in [7, 11) is 1.60. The van der Waals surface area contributed by atoms with Crippen LogP contribution in [0.1, 0.15) is 26.3 Å². The number of hydrogen-bond acceptors (Lipinski definition) is 7. The maximum absolute atomic E-state index is 10.4. The van der Waals surface area contributed by atoms with Gasteiger partial charge in [-0.3, -0.25) is 0 Å². The van der Waals surface area contributed by atoms with Crippen LogP contribution in [-0.2, 0) is 35.0 Å². The highest BCUT2D eigenvalue weighted by atomic mass is 16.7. The Morgan fingerprint density at radius 3 is 2.50 bits per heavy atom. The van der Waals surface area contributed by atoms with Gasteiger partial charge in [0.05, 0.1) is 32.0 Å². The molecule has 0 spiro atoms. The topological polar surface area (TPSA) is 75.6 Å². The first-order valence-corrected chi connectivity index (χ1v) is 9.43. The Labute approximate surface area is 167 Å². The monoisotopic (exact) mass is 396 g/mol. The lowest BCUT2D eigenvalue weighted by Crippen LogP contribution is -2.44. The minimum Gasteiger partial charge on any atom is -0.467 e. The van der Waals surface area contributed by atoms with E-state index in [1.807, 2.05) is 51.1 Å². The number of benzene rings is 1. The van der Waals surface area contributed by atoms with Crippen molar-refractivity contribution < 1.29 is 33.5 Å². The van der Waals surface area contributed by atoms with Gasteiger partial charge < -0.3 is 33.5 Å². The molecule has 1 aromatic rings. The Kier molecular flexibility index (Phi) is 9.37. The van der Waals surface area contributed by atoms with Crippen molar-refractivity contribution >= 4 is 0 Å². The molecule has 0 amide bonds. The summed E-state index contributed by atoms with van der Waals surface area (Å²) >= 11 is 0. The van der Waals surface area contributed by atoms with Gasteiger partial charge in [0.25, 0.3) is 0 Å². The predicted molar refractivity (Wildman–Crippen MR) is 103 cm³/mol. The molecule has 1 aromatic carbocycles. The third-order valence-corrected chi connectivity index (χ3v) is 3.84. The van der Waals surface area contributed by atoms with Gasteiger partial charge >= 0.3 is 0 Å². The van der Waals surface area contributed by atoms with E-state index < -0.39 is 24.1 Å². The Hall–Kier alpha value is -1.48. The number of methoxy groups -OCH3 is 1. The third-order valence-electron chi connectivity index (χ3n) is 3.84. The second-order valence-corrected chi connectivity index (χ2v) is 7.46. The molecule has 0 fully saturated rings. The van der Waals surface area contributed by atoms with E-state index >= 15 is 0 Å². The molecule has 28 heavy (non-hydrogen) atoms. The molecule has 1 heterocycles. The first-order valence-electron chi connectivity index (χ1n) is 9.43. The van der Waals surface area contributed by atoms with Crippen LogP contribution in [0.2, 0.25) is 0 Å². The zero-order valence-electron chi connectivity index (χ0n) is 17.1. The van der Waals surface area contributed by atoms with Crippen LogP contribution in [0.4, 0.5) is 0 Å². The minimum absolute atomic E-state index is 0.0183. The molecule has 1 aliphatic heterocycles. The normalized spacial score (nSPS) is 22.8. The highest BCUT2D eigenvalue weighted by Gasteiger charge is 2.35. The molecule has 0 aromatic heterocycles. The van der Waals surface area contributed by atoms with E-state index in [9.17, 15) is 5.11 Å². The Morgan fingerprint density at radius 2 is 1.82 bits per heavy atom. The van der Waals surface area contributed by atoms with Crippen molar-refractivity contribution in [2.75, 3.05) is 33.7 Å². The first-order chi connectivity index (χ1) is 13.4. The van der Waals surface area contributed by atoms with E-state index in [4.69, 9.17) is 28.4 Å². The molecule has 3 atom stereocenters. The van der Waals surface area contributed by atoms with Crippen LogP contribution in [0, 0.1) is 0 Å². The fourth-order valence-corrected chi connectivity index (χ4v) is 2.50. The van der Waals surface area contributed by atoms with Crippen molar-refractivity contribution in [1.82, 2.24) is 0 Å². The summed E-state index contributed by atoms with van der Waals surface area (Å²) in [4.78, 5) is 0. The van der Waals surface area contributed by atoms with E-state index in [1.165, 1.54) is 0 Å². The molecule has 7 nitrogen and oxygen atoms in total. The summed E-state index contributed by atoms with van der Waals surface area (Å²) in [6, 6.07) is 9.84. The van der Waals surface area contributed by atoms with Gasteiger partial charge in [0.2, 0.25) is 6.29 Å². The number of rotatable bonds is 11. The molecule has 0 unspecified atom stereocenters. The van der Waals surface area contributed by atoms with E-state index in [2.05, 4.69) is 0 Å². The quantitative estimate of drug-likeness (QED) is 0.455. The lowest BCUT2D eigenvalue weighted by atomic mass is 10.1. The van der Waals surface area contributed by atoms with E-state index in [0.717, 1.165) is 5.56 Å². The average molecular weight is 396 g/mol. The van der Waals surface area contributed by atoms with Crippen molar-refractivity contribution in [3.8, 4) is 0 Å². The molecule has 1 aliphatic rings. The fourth-order valence-electron chi connectivity index (χ4n) is 2.50. The summed E-state index contributed by atoms with van der Waals surface area (Å²) in [6.45, 7) is 7.36. The van der Waals surface area contributed by atoms with Crippen LogP contribution in [0.15, 0.2) is 42.2 Å². The molecule has 0 bridgehead atoms. The largest absolute Gasteiger partial charge is 0.467 e. The van der Waals surface area contributed by atoms with E-state index in [-0.39, 0.29) is 13.4 Å². The van der Waals surface area contributed by atoms with Gasteiger partial charge in [0, 0.05) is 7.11 Å². The van der Waals surface area contributed by atoms with Gasteiger partial charge in [-0.2, -0.15) is 0 Å². The smallest absolute Gasteiger partial charge is 0.217 e. The van der Waals surface area contributed by atoms with Gasteiger partial charge in [-0.1, -0.05) is 30.3 Å². The Morgan fingerprint density at radius 1 is 1.07 bits per heavy atom.